The molecule has 80 valence electrons. The second-order valence-corrected chi connectivity index (χ2v) is 14.9. The van der Waals surface area contributed by atoms with Gasteiger partial charge in [0.1, 0.15) is 0 Å². The summed E-state index contributed by atoms with van der Waals surface area (Å²) in [5, 5.41) is 2.05. The highest BCUT2D eigenvalue weighted by Gasteiger charge is 2.18. The van der Waals surface area contributed by atoms with Crippen molar-refractivity contribution >= 4 is 52.7 Å². The van der Waals surface area contributed by atoms with Crippen molar-refractivity contribution in [2.45, 2.75) is 20.8 Å². The average molecular weight is 282 g/mol. The van der Waals surface area contributed by atoms with Crippen LogP contribution in [0.5, 0.6) is 0 Å². The molecule has 1 rings (SSSR count). The van der Waals surface area contributed by atoms with Crippen molar-refractivity contribution in [3.8, 4) is 0 Å². The van der Waals surface area contributed by atoms with Gasteiger partial charge in [-0.15, -0.1) is 0 Å². The zero-order valence-electron chi connectivity index (χ0n) is 8.35. The number of rotatable bonds is 1. The van der Waals surface area contributed by atoms with Crippen LogP contribution in [0.25, 0.3) is 0 Å². The Labute approximate surface area is 102 Å². The number of hydrogen-bond acceptors (Lipinski definition) is 4. The quantitative estimate of drug-likeness (QED) is 0.411. The van der Waals surface area contributed by atoms with Crippen LogP contribution >= 0.6 is 0 Å². The minimum Gasteiger partial charge on any atom is -0.287 e. The molecular weight excluding hydrogens is 268 g/mol. The summed E-state index contributed by atoms with van der Waals surface area (Å²) >= 11 is 16.1. The molecule has 1 unspecified atom stereocenters. The zero-order chi connectivity index (χ0) is 11.0. The van der Waals surface area contributed by atoms with Crippen LogP contribution in [0.1, 0.15) is 20.8 Å². The van der Waals surface area contributed by atoms with Gasteiger partial charge in [0.15, 0.2) is 0 Å². The molecular formula is C9H13S5-. The first-order chi connectivity index (χ1) is 6.28. The lowest BCUT2D eigenvalue weighted by Gasteiger charge is -2.31. The highest BCUT2D eigenvalue weighted by Crippen LogP contribution is 2.23. The molecule has 0 aromatic rings. The maximum absolute atomic E-state index is 5.66. The smallest absolute Gasteiger partial charge is 0.00897 e. The summed E-state index contributed by atoms with van der Waals surface area (Å²) in [5.74, 6) is 0. The van der Waals surface area contributed by atoms with Crippen LogP contribution in [0, 0.1) is 5.41 Å². The topological polar surface area (TPSA) is 0 Å². The van der Waals surface area contributed by atoms with Crippen LogP contribution in [0.15, 0.2) is 23.6 Å². The zero-order valence-corrected chi connectivity index (χ0v) is 12.4. The van der Waals surface area contributed by atoms with Gasteiger partial charge in [-0.05, 0) is 15.7 Å². The van der Waals surface area contributed by atoms with E-state index in [0.717, 1.165) is 0 Å². The Morgan fingerprint density at radius 2 is 1.79 bits per heavy atom. The van der Waals surface area contributed by atoms with Crippen LogP contribution in [0.3, 0.4) is 0 Å². The third kappa shape index (κ3) is 2.44. The van der Waals surface area contributed by atoms with E-state index in [-0.39, 0.29) is 5.41 Å². The molecule has 0 nitrogen and oxygen atoms in total. The Kier molecular flexibility index (Phi) is 3.92. The van der Waals surface area contributed by atoms with E-state index in [0.29, 0.717) is 0 Å². The van der Waals surface area contributed by atoms with Crippen LogP contribution in [-0.2, 0) is 47.8 Å². The summed E-state index contributed by atoms with van der Waals surface area (Å²) in [4.78, 5) is 1.25. The summed E-state index contributed by atoms with van der Waals surface area (Å²) in [6, 6.07) is 0. The predicted octanol–water partition coefficient (Wildman–Crippen LogP) is 2.36. The van der Waals surface area contributed by atoms with E-state index in [1.54, 1.807) is 0 Å². The van der Waals surface area contributed by atoms with E-state index in [2.05, 4.69) is 26.8 Å². The van der Waals surface area contributed by atoms with Gasteiger partial charge in [0.25, 0.3) is 0 Å². The van der Waals surface area contributed by atoms with Gasteiger partial charge in [0.05, 0.1) is 0 Å². The molecule has 0 amide bonds. The molecule has 14 heavy (non-hydrogen) atoms. The van der Waals surface area contributed by atoms with Crippen LogP contribution in [0.2, 0.25) is 0 Å². The highest BCUT2D eigenvalue weighted by molar-refractivity contribution is 8.99. The first kappa shape index (κ1) is 12.8. The Morgan fingerprint density at radius 1 is 1.21 bits per heavy atom. The van der Waals surface area contributed by atoms with Gasteiger partial charge in [0.2, 0.25) is 0 Å². The first-order valence-corrected chi connectivity index (χ1v) is 10.4. The molecule has 1 heterocycles. The Bertz CT molecular complexity index is 466. The van der Waals surface area contributed by atoms with Crippen molar-refractivity contribution in [2.24, 2.45) is 5.41 Å². The van der Waals surface area contributed by atoms with Crippen molar-refractivity contribution in [3.63, 3.8) is 0 Å². The van der Waals surface area contributed by atoms with Gasteiger partial charge >= 0.3 is 0 Å². The first-order valence-electron chi connectivity index (χ1n) is 4.15. The molecule has 5 heteroatoms. The summed E-state index contributed by atoms with van der Waals surface area (Å²) in [6.07, 6.45) is 6.10. The SMILES string of the molecule is CC(C)(C)C1=S(=S)([S-](=S)=S)C=CC=C1. The molecule has 0 saturated heterocycles. The molecule has 0 N–H and O–H groups in total. The summed E-state index contributed by atoms with van der Waals surface area (Å²) < 4.78 is 0. The van der Waals surface area contributed by atoms with E-state index in [1.165, 1.54) is 4.86 Å². The van der Waals surface area contributed by atoms with E-state index in [9.17, 15) is 0 Å². The molecule has 0 aromatic carbocycles. The van der Waals surface area contributed by atoms with Gasteiger partial charge in [-0.1, -0.05) is 50.2 Å². The summed E-state index contributed by atoms with van der Waals surface area (Å²) in [5.41, 5.74) is 0.0706. The molecule has 0 aliphatic carbocycles. The molecule has 0 spiro atoms. The molecule has 0 bridgehead atoms. The fraction of sp³-hybridized carbons (Fsp3) is 0.444. The lowest BCUT2D eigenvalue weighted by atomic mass is 9.92. The summed E-state index contributed by atoms with van der Waals surface area (Å²) in [6.45, 7) is 6.49. The van der Waals surface area contributed by atoms with Crippen LogP contribution in [0.4, 0.5) is 0 Å². The van der Waals surface area contributed by atoms with Gasteiger partial charge in [-0.2, -0.15) is 7.21 Å². The lowest BCUT2D eigenvalue weighted by Crippen LogP contribution is -2.26. The van der Waals surface area contributed by atoms with E-state index in [4.69, 9.17) is 33.6 Å². The van der Waals surface area contributed by atoms with E-state index >= 15 is 0 Å². The lowest BCUT2D eigenvalue weighted by molar-refractivity contribution is 0.603. The minimum absolute atomic E-state index is 0.0706. The fourth-order valence-corrected chi connectivity index (χ4v) is 8.12. The Morgan fingerprint density at radius 3 is 2.14 bits per heavy atom. The van der Waals surface area contributed by atoms with Gasteiger partial charge < -0.3 is 0 Å². The standard InChI is InChI=1S/C9H13S5/c1-9(2,3)8-6-4-5-7-14(8,12)13(10)11/h4-7H,1-3H3/q-1. The van der Waals surface area contributed by atoms with Crippen LogP contribution in [-0.4, -0.2) is 4.86 Å². The van der Waals surface area contributed by atoms with Gasteiger partial charge in [-0.3, -0.25) is 7.05 Å². The van der Waals surface area contributed by atoms with Crippen molar-refractivity contribution in [3.05, 3.63) is 23.6 Å². The van der Waals surface area contributed by atoms with E-state index < -0.39 is 14.3 Å². The molecule has 0 aromatic heterocycles. The molecule has 0 radical (unpaired) electrons. The van der Waals surface area contributed by atoms with Gasteiger partial charge in [0, 0.05) is 0 Å². The molecule has 0 saturated carbocycles. The highest BCUT2D eigenvalue weighted by atomic mass is 33.6. The van der Waals surface area contributed by atoms with Crippen molar-refractivity contribution < 1.29 is 0 Å². The molecule has 1 aliphatic heterocycles. The van der Waals surface area contributed by atoms with Crippen LogP contribution < -0.4 is 0 Å². The summed E-state index contributed by atoms with van der Waals surface area (Å²) in [7, 11) is -2.02. The van der Waals surface area contributed by atoms with Crippen molar-refractivity contribution in [1.82, 2.24) is 0 Å². The average Bonchev–Trinajstić information content (AvgIpc) is 2.02. The Balaban J connectivity index is 3.66. The number of hydrogen-bond donors (Lipinski definition) is 0. The normalized spacial score (nSPS) is 27.3. The number of allylic oxidation sites excluding steroid dienone is 3. The maximum Gasteiger partial charge on any atom is -0.00897 e. The third-order valence-corrected chi connectivity index (χ3v) is 13.7. The monoisotopic (exact) mass is 281 g/mol. The molecule has 0 fully saturated rings. The second kappa shape index (κ2) is 4.29. The maximum atomic E-state index is 5.66. The third-order valence-electron chi connectivity index (χ3n) is 1.86. The molecule has 1 atom stereocenters. The Hall–Kier alpha value is 0.710. The van der Waals surface area contributed by atoms with Crippen molar-refractivity contribution in [1.29, 1.82) is 0 Å². The van der Waals surface area contributed by atoms with Gasteiger partial charge in [-0.25, -0.2) is 22.4 Å². The largest absolute Gasteiger partial charge is 0.287 e. The second-order valence-electron chi connectivity index (χ2n) is 4.05. The van der Waals surface area contributed by atoms with Crippen molar-refractivity contribution in [2.75, 3.05) is 0 Å². The predicted molar refractivity (Wildman–Crippen MR) is 79.6 cm³/mol. The van der Waals surface area contributed by atoms with E-state index in [1.807, 2.05) is 17.6 Å². The molecule has 1 aliphatic rings. The fourth-order valence-electron chi connectivity index (χ4n) is 1.26. The minimum atomic E-state index is -1.47.